The molecule has 2 atom stereocenters. The van der Waals surface area contributed by atoms with Gasteiger partial charge in [0.05, 0.1) is 18.9 Å². The van der Waals surface area contributed by atoms with Gasteiger partial charge in [-0.15, -0.1) is 5.10 Å². The highest BCUT2D eigenvalue weighted by Gasteiger charge is 2.25. The summed E-state index contributed by atoms with van der Waals surface area (Å²) in [4.78, 5) is 12.2. The zero-order chi connectivity index (χ0) is 17.4. The SMILES string of the molecule is O=c1oc2cc(O)ccc2cc1-n1cc(CO[C@@H]2CSCC2S)nn1. The van der Waals surface area contributed by atoms with Gasteiger partial charge in [-0.2, -0.15) is 24.4 Å². The molecule has 9 heteroatoms. The monoisotopic (exact) mass is 377 g/mol. The lowest BCUT2D eigenvalue weighted by molar-refractivity contribution is 0.0599. The molecule has 3 aromatic rings. The average Bonchev–Trinajstić information content (AvgIpc) is 3.21. The van der Waals surface area contributed by atoms with Gasteiger partial charge < -0.3 is 14.3 Å². The number of benzene rings is 1. The van der Waals surface area contributed by atoms with Gasteiger partial charge in [0.1, 0.15) is 17.0 Å². The lowest BCUT2D eigenvalue weighted by Gasteiger charge is -2.13. The highest BCUT2D eigenvalue weighted by atomic mass is 32.2. The molecule has 1 fully saturated rings. The van der Waals surface area contributed by atoms with Crippen molar-refractivity contribution >= 4 is 35.4 Å². The minimum absolute atomic E-state index is 0.0381. The molecule has 0 amide bonds. The first kappa shape index (κ1) is 16.5. The van der Waals surface area contributed by atoms with Crippen LogP contribution in [0.3, 0.4) is 0 Å². The molecule has 25 heavy (non-hydrogen) atoms. The number of thiol groups is 1. The first-order valence-electron chi connectivity index (χ1n) is 7.66. The Labute approximate surface area is 152 Å². The van der Waals surface area contributed by atoms with E-state index in [4.69, 9.17) is 9.15 Å². The van der Waals surface area contributed by atoms with Gasteiger partial charge in [-0.25, -0.2) is 9.48 Å². The van der Waals surface area contributed by atoms with E-state index in [0.29, 0.717) is 23.3 Å². The molecule has 1 N–H and O–H groups in total. The Hall–Kier alpha value is -1.97. The Bertz CT molecular complexity index is 971. The quantitative estimate of drug-likeness (QED) is 0.531. The molecule has 2 aromatic heterocycles. The molecule has 1 saturated heterocycles. The van der Waals surface area contributed by atoms with E-state index in [2.05, 4.69) is 22.9 Å². The van der Waals surface area contributed by atoms with Crippen molar-refractivity contribution in [1.82, 2.24) is 15.0 Å². The van der Waals surface area contributed by atoms with Gasteiger partial charge in [-0.3, -0.25) is 0 Å². The normalized spacial score (nSPS) is 20.4. The number of ether oxygens (including phenoxy) is 1. The van der Waals surface area contributed by atoms with Gasteiger partial charge in [0, 0.05) is 28.2 Å². The lowest BCUT2D eigenvalue weighted by atomic mass is 10.2. The summed E-state index contributed by atoms with van der Waals surface area (Å²) in [6.45, 7) is 0.315. The van der Waals surface area contributed by atoms with Gasteiger partial charge in [0.25, 0.3) is 0 Å². The van der Waals surface area contributed by atoms with Gasteiger partial charge in [-0.1, -0.05) is 5.21 Å². The molecule has 1 aliphatic heterocycles. The number of phenols is 1. The third-order valence-corrected chi connectivity index (χ3v) is 5.86. The Kier molecular flexibility index (Phi) is 4.45. The molecule has 0 bridgehead atoms. The second kappa shape index (κ2) is 6.74. The highest BCUT2D eigenvalue weighted by molar-refractivity contribution is 8.00. The van der Waals surface area contributed by atoms with Gasteiger partial charge in [0.2, 0.25) is 0 Å². The van der Waals surface area contributed by atoms with Crippen LogP contribution < -0.4 is 5.63 Å². The molecule has 1 aliphatic rings. The summed E-state index contributed by atoms with van der Waals surface area (Å²) in [7, 11) is 0. The number of hydrogen-bond donors (Lipinski definition) is 2. The van der Waals surface area contributed by atoms with E-state index in [0.717, 1.165) is 11.5 Å². The molecule has 0 aliphatic carbocycles. The van der Waals surface area contributed by atoms with E-state index in [9.17, 15) is 9.90 Å². The fourth-order valence-electron chi connectivity index (χ4n) is 2.61. The Morgan fingerprint density at radius 1 is 1.40 bits per heavy atom. The van der Waals surface area contributed by atoms with E-state index < -0.39 is 5.63 Å². The molecule has 0 saturated carbocycles. The lowest BCUT2D eigenvalue weighted by Crippen LogP contribution is -2.22. The third-order valence-electron chi connectivity index (χ3n) is 3.93. The van der Waals surface area contributed by atoms with Crippen molar-refractivity contribution < 1.29 is 14.3 Å². The summed E-state index contributed by atoms with van der Waals surface area (Å²) < 4.78 is 12.4. The zero-order valence-electron chi connectivity index (χ0n) is 13.0. The van der Waals surface area contributed by atoms with Crippen LogP contribution >= 0.6 is 24.4 Å². The minimum Gasteiger partial charge on any atom is -0.508 e. The van der Waals surface area contributed by atoms with Crippen LogP contribution in [0.4, 0.5) is 0 Å². The highest BCUT2D eigenvalue weighted by Crippen LogP contribution is 2.25. The van der Waals surface area contributed by atoms with Gasteiger partial charge >= 0.3 is 5.63 Å². The minimum atomic E-state index is -0.557. The van der Waals surface area contributed by atoms with Crippen LogP contribution in [0.25, 0.3) is 16.7 Å². The predicted molar refractivity (Wildman–Crippen MR) is 97.7 cm³/mol. The van der Waals surface area contributed by atoms with Crippen LogP contribution in [-0.4, -0.2) is 43.0 Å². The standard InChI is InChI=1S/C16H15N3O4S2/c20-11-2-1-9-3-12(16(21)23-13(9)4-11)19-5-10(17-18-19)6-22-14-7-25-8-15(14)24/h1-5,14-15,20,24H,6-8H2/t14-,15?/m1/s1. The maximum absolute atomic E-state index is 12.2. The van der Waals surface area contributed by atoms with Crippen LogP contribution in [0.1, 0.15) is 5.69 Å². The number of phenolic OH excluding ortho intramolecular Hbond substituents is 1. The molecule has 130 valence electrons. The van der Waals surface area contributed by atoms with E-state index >= 15 is 0 Å². The molecule has 0 spiro atoms. The maximum Gasteiger partial charge on any atom is 0.362 e. The summed E-state index contributed by atoms with van der Waals surface area (Å²) in [5.41, 5.74) is 0.636. The van der Waals surface area contributed by atoms with Crippen LogP contribution in [0, 0.1) is 0 Å². The van der Waals surface area contributed by atoms with Crippen LogP contribution in [-0.2, 0) is 11.3 Å². The van der Waals surface area contributed by atoms with Crippen molar-refractivity contribution in [2.75, 3.05) is 11.5 Å². The van der Waals surface area contributed by atoms with E-state index in [-0.39, 0.29) is 22.8 Å². The molecule has 7 nitrogen and oxygen atoms in total. The number of nitrogens with zero attached hydrogens (tertiary/aromatic N) is 3. The van der Waals surface area contributed by atoms with Crippen molar-refractivity contribution in [3.63, 3.8) is 0 Å². The molecule has 1 aromatic carbocycles. The summed E-state index contributed by atoms with van der Waals surface area (Å²) in [5, 5.41) is 18.4. The summed E-state index contributed by atoms with van der Waals surface area (Å²) in [6.07, 6.45) is 1.74. The average molecular weight is 377 g/mol. The second-order valence-corrected chi connectivity index (χ2v) is 7.49. The Morgan fingerprint density at radius 2 is 2.28 bits per heavy atom. The summed E-state index contributed by atoms with van der Waals surface area (Å²) >= 11 is 6.31. The van der Waals surface area contributed by atoms with E-state index in [1.54, 1.807) is 18.3 Å². The third kappa shape index (κ3) is 3.39. The molecular weight excluding hydrogens is 362 g/mol. The van der Waals surface area contributed by atoms with E-state index in [1.807, 2.05) is 11.8 Å². The van der Waals surface area contributed by atoms with Gasteiger partial charge in [-0.05, 0) is 18.2 Å². The number of hydrogen-bond acceptors (Lipinski definition) is 8. The van der Waals surface area contributed by atoms with Crippen LogP contribution in [0.15, 0.2) is 39.7 Å². The van der Waals surface area contributed by atoms with E-state index in [1.165, 1.54) is 16.8 Å². The Balaban J connectivity index is 1.57. The van der Waals surface area contributed by atoms with Crippen molar-refractivity contribution in [1.29, 1.82) is 0 Å². The number of aromatic hydroxyl groups is 1. The molecule has 1 unspecified atom stereocenters. The van der Waals surface area contributed by atoms with Crippen molar-refractivity contribution in [2.45, 2.75) is 18.0 Å². The predicted octanol–water partition coefficient (Wildman–Crippen LogP) is 2.01. The van der Waals surface area contributed by atoms with Crippen LogP contribution in [0.5, 0.6) is 5.75 Å². The van der Waals surface area contributed by atoms with Crippen molar-refractivity contribution in [2.24, 2.45) is 0 Å². The number of rotatable bonds is 4. The smallest absolute Gasteiger partial charge is 0.362 e. The number of thioether (sulfide) groups is 1. The zero-order valence-corrected chi connectivity index (χ0v) is 14.7. The summed E-state index contributed by atoms with van der Waals surface area (Å²) in [5.74, 6) is 1.94. The first-order valence-corrected chi connectivity index (χ1v) is 9.33. The Morgan fingerprint density at radius 3 is 3.08 bits per heavy atom. The number of aromatic nitrogens is 3. The molecule has 0 radical (unpaired) electrons. The summed E-state index contributed by atoms with van der Waals surface area (Å²) in [6, 6.07) is 6.24. The molecule has 3 heterocycles. The number of fused-ring (bicyclic) bond motifs is 1. The largest absolute Gasteiger partial charge is 0.508 e. The topological polar surface area (TPSA) is 90.4 Å². The van der Waals surface area contributed by atoms with Crippen molar-refractivity contribution in [3.05, 3.63) is 46.6 Å². The first-order chi connectivity index (χ1) is 12.1. The van der Waals surface area contributed by atoms with Crippen molar-refractivity contribution in [3.8, 4) is 11.4 Å². The fourth-order valence-corrected chi connectivity index (χ4v) is 4.41. The second-order valence-electron chi connectivity index (χ2n) is 5.75. The fraction of sp³-hybridized carbons (Fsp3) is 0.312. The van der Waals surface area contributed by atoms with Gasteiger partial charge in [0.15, 0.2) is 5.69 Å². The molecule has 4 rings (SSSR count). The van der Waals surface area contributed by atoms with Crippen LogP contribution in [0.2, 0.25) is 0 Å². The molecular formula is C16H15N3O4S2. The maximum atomic E-state index is 12.2.